The molecule has 0 saturated heterocycles. The number of aromatic nitrogens is 3. The molecule has 0 radical (unpaired) electrons. The van der Waals surface area contributed by atoms with Gasteiger partial charge in [0.15, 0.2) is 5.69 Å². The monoisotopic (exact) mass is 259 g/mol. The van der Waals surface area contributed by atoms with Crippen molar-refractivity contribution in [3.8, 4) is 5.69 Å². The number of hydrogen-bond acceptors (Lipinski definition) is 4. The highest BCUT2D eigenvalue weighted by Crippen LogP contribution is 2.11. The van der Waals surface area contributed by atoms with E-state index in [1.165, 1.54) is 25.5 Å². The fraction of sp³-hybridized carbons (Fsp3) is 0.357. The van der Waals surface area contributed by atoms with E-state index in [0.717, 1.165) is 12.1 Å². The molecule has 2 aromatic rings. The molecule has 0 amide bonds. The molecule has 1 aromatic carbocycles. The first kappa shape index (κ1) is 13.3. The maximum Gasteiger partial charge on any atom is 0.360 e. The van der Waals surface area contributed by atoms with E-state index < -0.39 is 5.97 Å². The first-order valence-corrected chi connectivity index (χ1v) is 6.34. The predicted octanol–water partition coefficient (Wildman–Crippen LogP) is 2.40. The number of benzene rings is 1. The molecule has 0 unspecified atom stereocenters. The smallest absolute Gasteiger partial charge is 0.360 e. The zero-order chi connectivity index (χ0) is 13.7. The standard InChI is InChI=1S/C14H17N3O2/c1-3-4-5-11-6-8-12(9-7-11)17-10-13(15-16-17)14(18)19-2/h6-10H,3-5H2,1-2H3. The van der Waals surface area contributed by atoms with Crippen LogP contribution in [0.4, 0.5) is 0 Å². The van der Waals surface area contributed by atoms with Crippen LogP contribution >= 0.6 is 0 Å². The van der Waals surface area contributed by atoms with Crippen molar-refractivity contribution in [2.75, 3.05) is 7.11 Å². The van der Waals surface area contributed by atoms with Crippen LogP contribution in [0.15, 0.2) is 30.5 Å². The van der Waals surface area contributed by atoms with E-state index in [9.17, 15) is 4.79 Å². The molecule has 1 aromatic heterocycles. The van der Waals surface area contributed by atoms with E-state index in [-0.39, 0.29) is 5.69 Å². The maximum absolute atomic E-state index is 11.3. The summed E-state index contributed by atoms with van der Waals surface area (Å²) in [6.45, 7) is 2.18. The number of aryl methyl sites for hydroxylation is 1. The van der Waals surface area contributed by atoms with E-state index >= 15 is 0 Å². The van der Waals surface area contributed by atoms with Crippen LogP contribution in [0.25, 0.3) is 5.69 Å². The van der Waals surface area contributed by atoms with Gasteiger partial charge in [0, 0.05) is 0 Å². The topological polar surface area (TPSA) is 57.0 Å². The number of hydrogen-bond donors (Lipinski definition) is 0. The van der Waals surface area contributed by atoms with E-state index in [4.69, 9.17) is 0 Å². The Hall–Kier alpha value is -2.17. The van der Waals surface area contributed by atoms with Crippen molar-refractivity contribution < 1.29 is 9.53 Å². The van der Waals surface area contributed by atoms with Crippen molar-refractivity contribution in [1.82, 2.24) is 15.0 Å². The van der Waals surface area contributed by atoms with Gasteiger partial charge in [-0.15, -0.1) is 5.10 Å². The summed E-state index contributed by atoms with van der Waals surface area (Å²) in [5.41, 5.74) is 2.39. The van der Waals surface area contributed by atoms with Crippen molar-refractivity contribution in [2.24, 2.45) is 0 Å². The Balaban J connectivity index is 2.13. The van der Waals surface area contributed by atoms with Crippen LogP contribution in [-0.4, -0.2) is 28.1 Å². The zero-order valence-electron chi connectivity index (χ0n) is 11.2. The van der Waals surface area contributed by atoms with Crippen LogP contribution in [-0.2, 0) is 11.2 Å². The second kappa shape index (κ2) is 6.13. The molecule has 0 spiro atoms. The molecule has 0 saturated carbocycles. The van der Waals surface area contributed by atoms with Gasteiger partial charge in [0.1, 0.15) is 0 Å². The molecule has 0 bridgehead atoms. The number of rotatable bonds is 5. The first-order valence-electron chi connectivity index (χ1n) is 6.34. The molecule has 1 heterocycles. The summed E-state index contributed by atoms with van der Waals surface area (Å²) in [6, 6.07) is 8.09. The Morgan fingerprint density at radius 1 is 1.32 bits per heavy atom. The fourth-order valence-electron chi connectivity index (χ4n) is 1.78. The molecular weight excluding hydrogens is 242 g/mol. The largest absolute Gasteiger partial charge is 0.464 e. The molecule has 0 atom stereocenters. The minimum absolute atomic E-state index is 0.206. The van der Waals surface area contributed by atoms with Crippen molar-refractivity contribution >= 4 is 5.97 Å². The van der Waals surface area contributed by atoms with Gasteiger partial charge in [-0.2, -0.15) is 0 Å². The van der Waals surface area contributed by atoms with Gasteiger partial charge in [-0.1, -0.05) is 30.7 Å². The third-order valence-corrected chi connectivity index (χ3v) is 2.91. The van der Waals surface area contributed by atoms with Gasteiger partial charge < -0.3 is 4.74 Å². The quantitative estimate of drug-likeness (QED) is 0.774. The second-order valence-corrected chi connectivity index (χ2v) is 4.31. The summed E-state index contributed by atoms with van der Waals surface area (Å²) in [7, 11) is 1.32. The third-order valence-electron chi connectivity index (χ3n) is 2.91. The van der Waals surface area contributed by atoms with Crippen molar-refractivity contribution in [3.63, 3.8) is 0 Å². The fourth-order valence-corrected chi connectivity index (χ4v) is 1.78. The summed E-state index contributed by atoms with van der Waals surface area (Å²) >= 11 is 0. The molecule has 0 aliphatic heterocycles. The molecule has 0 fully saturated rings. The lowest BCUT2D eigenvalue weighted by Crippen LogP contribution is -2.01. The van der Waals surface area contributed by atoms with Crippen LogP contribution in [0.1, 0.15) is 35.8 Å². The van der Waals surface area contributed by atoms with Gasteiger partial charge >= 0.3 is 5.97 Å². The lowest BCUT2D eigenvalue weighted by atomic mass is 10.1. The van der Waals surface area contributed by atoms with Gasteiger partial charge in [0.2, 0.25) is 0 Å². The Kier molecular flexibility index (Phi) is 4.28. The van der Waals surface area contributed by atoms with Crippen molar-refractivity contribution in [2.45, 2.75) is 26.2 Å². The molecule has 100 valence electrons. The van der Waals surface area contributed by atoms with Crippen LogP contribution in [0.5, 0.6) is 0 Å². The molecule has 5 nitrogen and oxygen atoms in total. The Morgan fingerprint density at radius 3 is 2.68 bits per heavy atom. The lowest BCUT2D eigenvalue weighted by molar-refractivity contribution is 0.0594. The summed E-state index contributed by atoms with van der Waals surface area (Å²) in [5, 5.41) is 7.69. The number of nitrogens with zero attached hydrogens (tertiary/aromatic N) is 3. The lowest BCUT2D eigenvalue weighted by Gasteiger charge is -2.02. The summed E-state index contributed by atoms with van der Waals surface area (Å²) < 4.78 is 6.16. The Labute approximate surface area is 112 Å². The normalized spacial score (nSPS) is 10.4. The Bertz CT molecular complexity index is 546. The maximum atomic E-state index is 11.3. The minimum Gasteiger partial charge on any atom is -0.464 e. The molecule has 0 aliphatic rings. The van der Waals surface area contributed by atoms with E-state index in [1.54, 1.807) is 10.9 Å². The van der Waals surface area contributed by atoms with Crippen LogP contribution < -0.4 is 0 Å². The van der Waals surface area contributed by atoms with Gasteiger partial charge in [-0.3, -0.25) is 0 Å². The first-order chi connectivity index (χ1) is 9.24. The van der Waals surface area contributed by atoms with Crippen LogP contribution in [0.3, 0.4) is 0 Å². The number of carbonyl (C=O) groups is 1. The average molecular weight is 259 g/mol. The van der Waals surface area contributed by atoms with Crippen LogP contribution in [0, 0.1) is 0 Å². The van der Waals surface area contributed by atoms with Gasteiger partial charge in [0.25, 0.3) is 0 Å². The molecular formula is C14H17N3O2. The van der Waals surface area contributed by atoms with Gasteiger partial charge in [-0.05, 0) is 30.5 Å². The SMILES string of the molecule is CCCCc1ccc(-n2cc(C(=O)OC)nn2)cc1. The average Bonchev–Trinajstić information content (AvgIpc) is 2.94. The van der Waals surface area contributed by atoms with E-state index in [2.05, 4.69) is 34.1 Å². The molecule has 0 aliphatic carbocycles. The predicted molar refractivity (Wildman–Crippen MR) is 71.3 cm³/mol. The number of esters is 1. The highest BCUT2D eigenvalue weighted by atomic mass is 16.5. The molecule has 2 rings (SSSR count). The summed E-state index contributed by atoms with van der Waals surface area (Å²) in [5.74, 6) is -0.481. The summed E-state index contributed by atoms with van der Waals surface area (Å²) in [4.78, 5) is 11.3. The molecule has 19 heavy (non-hydrogen) atoms. The van der Waals surface area contributed by atoms with E-state index in [1.807, 2.05) is 12.1 Å². The zero-order valence-corrected chi connectivity index (χ0v) is 11.2. The number of unbranched alkanes of at least 4 members (excludes halogenated alkanes) is 1. The minimum atomic E-state index is -0.481. The van der Waals surface area contributed by atoms with Crippen molar-refractivity contribution in [3.05, 3.63) is 41.7 Å². The Morgan fingerprint density at radius 2 is 2.05 bits per heavy atom. The van der Waals surface area contributed by atoms with Gasteiger partial charge in [0.05, 0.1) is 19.0 Å². The number of ether oxygens (including phenoxy) is 1. The number of methoxy groups -OCH3 is 1. The molecule has 0 N–H and O–H groups in total. The molecule has 5 heteroatoms. The number of carbonyl (C=O) groups excluding carboxylic acids is 1. The summed E-state index contributed by atoms with van der Waals surface area (Å²) in [6.07, 6.45) is 5.02. The highest BCUT2D eigenvalue weighted by Gasteiger charge is 2.11. The highest BCUT2D eigenvalue weighted by molar-refractivity contribution is 5.86. The van der Waals surface area contributed by atoms with Crippen LogP contribution in [0.2, 0.25) is 0 Å². The third kappa shape index (κ3) is 3.19. The van der Waals surface area contributed by atoms with Gasteiger partial charge in [-0.25, -0.2) is 9.48 Å². The second-order valence-electron chi connectivity index (χ2n) is 4.31. The van der Waals surface area contributed by atoms with E-state index in [0.29, 0.717) is 0 Å². The van der Waals surface area contributed by atoms with Crippen molar-refractivity contribution in [1.29, 1.82) is 0 Å².